The van der Waals surface area contributed by atoms with Gasteiger partial charge in [-0.25, -0.2) is 0 Å². The summed E-state index contributed by atoms with van der Waals surface area (Å²) in [5.74, 6) is 0.296. The highest BCUT2D eigenvalue weighted by Gasteiger charge is 2.03. The lowest BCUT2D eigenvalue weighted by Crippen LogP contribution is -1.78. The van der Waals surface area contributed by atoms with Gasteiger partial charge in [-0.1, -0.05) is 6.07 Å². The molecule has 0 saturated heterocycles. The average molecular weight is 218 g/mol. The Morgan fingerprint density at radius 3 is 2.67 bits per heavy atom. The number of phenolic OH excluding ortho intramolecular Hbond substituents is 1. The lowest BCUT2D eigenvalue weighted by Gasteiger charge is -2.01. The highest BCUT2D eigenvalue weighted by Crippen LogP contribution is 2.28. The predicted octanol–water partition coefficient (Wildman–Crippen LogP) is 3.24. The maximum absolute atomic E-state index is 10.5. The Morgan fingerprint density at radius 1 is 1.27 bits per heavy atom. The quantitative estimate of drug-likeness (QED) is 0.786. The van der Waals surface area contributed by atoms with E-state index in [9.17, 15) is 9.90 Å². The molecular weight excluding hydrogens is 208 g/mol. The van der Waals surface area contributed by atoms with Gasteiger partial charge in [-0.05, 0) is 47.2 Å². The lowest BCUT2D eigenvalue weighted by molar-refractivity contribution is 0.112. The van der Waals surface area contributed by atoms with E-state index in [-0.39, 0.29) is 0 Å². The van der Waals surface area contributed by atoms with E-state index in [4.69, 9.17) is 0 Å². The van der Waals surface area contributed by atoms with Gasteiger partial charge in [0.25, 0.3) is 0 Å². The van der Waals surface area contributed by atoms with Crippen LogP contribution in [0, 0.1) is 6.92 Å². The Kier molecular flexibility index (Phi) is 2.56. The first-order valence-corrected chi connectivity index (χ1v) is 5.42. The Morgan fingerprint density at radius 2 is 2.07 bits per heavy atom. The minimum atomic E-state index is 0.296. The minimum Gasteiger partial charge on any atom is -0.508 e. The van der Waals surface area contributed by atoms with E-state index in [1.54, 1.807) is 6.07 Å². The van der Waals surface area contributed by atoms with Crippen LogP contribution in [0.3, 0.4) is 0 Å². The van der Waals surface area contributed by atoms with Crippen molar-refractivity contribution in [2.24, 2.45) is 0 Å². The molecule has 76 valence electrons. The first-order chi connectivity index (χ1) is 7.20. The number of phenols is 1. The minimum absolute atomic E-state index is 0.296. The monoisotopic (exact) mass is 218 g/mol. The first kappa shape index (κ1) is 9.93. The summed E-state index contributed by atoms with van der Waals surface area (Å²) < 4.78 is 0. The summed E-state index contributed by atoms with van der Waals surface area (Å²) in [5, 5.41) is 11.3. The van der Waals surface area contributed by atoms with Crippen LogP contribution in [0.15, 0.2) is 29.6 Å². The molecule has 3 heteroatoms. The van der Waals surface area contributed by atoms with Gasteiger partial charge in [0, 0.05) is 0 Å². The van der Waals surface area contributed by atoms with Crippen molar-refractivity contribution >= 4 is 17.6 Å². The van der Waals surface area contributed by atoms with Crippen molar-refractivity contribution in [1.82, 2.24) is 0 Å². The van der Waals surface area contributed by atoms with Crippen LogP contribution in [-0.4, -0.2) is 11.4 Å². The molecule has 0 aliphatic carbocycles. The third kappa shape index (κ3) is 1.92. The van der Waals surface area contributed by atoms with Crippen LogP contribution in [0.25, 0.3) is 11.1 Å². The van der Waals surface area contributed by atoms with Gasteiger partial charge in [0.15, 0.2) is 6.29 Å². The summed E-state index contributed by atoms with van der Waals surface area (Å²) in [7, 11) is 0. The van der Waals surface area contributed by atoms with Gasteiger partial charge < -0.3 is 5.11 Å². The van der Waals surface area contributed by atoms with E-state index in [1.807, 2.05) is 30.5 Å². The fraction of sp³-hybridized carbons (Fsp3) is 0.0833. The molecule has 0 atom stereocenters. The molecule has 1 aromatic carbocycles. The Bertz CT molecular complexity index is 500. The van der Waals surface area contributed by atoms with Gasteiger partial charge in [0.05, 0.1) is 4.88 Å². The molecular formula is C12H10O2S. The summed E-state index contributed by atoms with van der Waals surface area (Å²) in [5.41, 5.74) is 2.88. The smallest absolute Gasteiger partial charge is 0.160 e. The molecule has 0 bridgehead atoms. The zero-order valence-electron chi connectivity index (χ0n) is 8.23. The maximum atomic E-state index is 10.5. The number of hydrogen-bond donors (Lipinski definition) is 1. The summed E-state index contributed by atoms with van der Waals surface area (Å²) in [6, 6.07) is 7.28. The molecule has 0 radical (unpaired) electrons. The van der Waals surface area contributed by atoms with Crippen LogP contribution in [-0.2, 0) is 0 Å². The normalized spacial score (nSPS) is 10.2. The Hall–Kier alpha value is -1.61. The second kappa shape index (κ2) is 3.87. The van der Waals surface area contributed by atoms with Gasteiger partial charge in [-0.2, -0.15) is 0 Å². The highest BCUT2D eigenvalue weighted by atomic mass is 32.1. The standard InChI is InChI=1S/C12H10O2S/c1-8-4-9(2-3-12(8)14)10-5-11(6-13)15-7-10/h2-7,14H,1H3. The molecule has 2 nitrogen and oxygen atoms in total. The van der Waals surface area contributed by atoms with Crippen molar-refractivity contribution in [3.05, 3.63) is 40.1 Å². The number of thiophene rings is 1. The van der Waals surface area contributed by atoms with Crippen molar-refractivity contribution < 1.29 is 9.90 Å². The predicted molar refractivity (Wildman–Crippen MR) is 61.5 cm³/mol. The molecule has 0 saturated carbocycles. The fourth-order valence-corrected chi connectivity index (χ4v) is 2.12. The van der Waals surface area contributed by atoms with Gasteiger partial charge >= 0.3 is 0 Å². The van der Waals surface area contributed by atoms with Crippen molar-refractivity contribution in [2.75, 3.05) is 0 Å². The molecule has 1 N–H and O–H groups in total. The Balaban J connectivity index is 2.44. The van der Waals surface area contributed by atoms with Crippen LogP contribution in [0.5, 0.6) is 5.75 Å². The van der Waals surface area contributed by atoms with Crippen molar-refractivity contribution in [3.8, 4) is 16.9 Å². The number of hydrogen-bond acceptors (Lipinski definition) is 3. The zero-order chi connectivity index (χ0) is 10.8. The number of aryl methyl sites for hydroxylation is 1. The molecule has 1 aromatic heterocycles. The average Bonchev–Trinajstić information content (AvgIpc) is 2.70. The number of aldehydes is 1. The van der Waals surface area contributed by atoms with Crippen molar-refractivity contribution in [2.45, 2.75) is 6.92 Å². The molecule has 2 rings (SSSR count). The third-order valence-corrected chi connectivity index (χ3v) is 3.12. The molecule has 2 aromatic rings. The Labute approximate surface area is 91.8 Å². The molecule has 0 aliphatic heterocycles. The van der Waals surface area contributed by atoms with E-state index in [0.29, 0.717) is 5.75 Å². The van der Waals surface area contributed by atoms with E-state index >= 15 is 0 Å². The molecule has 0 fully saturated rings. The molecule has 15 heavy (non-hydrogen) atoms. The largest absolute Gasteiger partial charge is 0.508 e. The second-order valence-electron chi connectivity index (χ2n) is 3.36. The molecule has 0 aliphatic rings. The number of aromatic hydroxyl groups is 1. The van der Waals surface area contributed by atoms with Gasteiger partial charge in [0.2, 0.25) is 0 Å². The zero-order valence-corrected chi connectivity index (χ0v) is 9.04. The van der Waals surface area contributed by atoms with E-state index in [0.717, 1.165) is 27.9 Å². The first-order valence-electron chi connectivity index (χ1n) is 4.54. The van der Waals surface area contributed by atoms with Crippen LogP contribution in [0.2, 0.25) is 0 Å². The van der Waals surface area contributed by atoms with E-state index < -0.39 is 0 Å². The van der Waals surface area contributed by atoms with Gasteiger partial charge in [-0.3, -0.25) is 4.79 Å². The summed E-state index contributed by atoms with van der Waals surface area (Å²) in [6.45, 7) is 1.85. The van der Waals surface area contributed by atoms with Crippen LogP contribution < -0.4 is 0 Å². The van der Waals surface area contributed by atoms with Crippen molar-refractivity contribution in [1.29, 1.82) is 0 Å². The molecule has 0 amide bonds. The summed E-state index contributed by atoms with van der Waals surface area (Å²) in [4.78, 5) is 11.3. The molecule has 1 heterocycles. The van der Waals surface area contributed by atoms with E-state index in [1.165, 1.54) is 11.3 Å². The van der Waals surface area contributed by atoms with Crippen LogP contribution >= 0.6 is 11.3 Å². The number of carbonyl (C=O) groups excluding carboxylic acids is 1. The van der Waals surface area contributed by atoms with Crippen LogP contribution in [0.4, 0.5) is 0 Å². The summed E-state index contributed by atoms with van der Waals surface area (Å²) >= 11 is 1.42. The van der Waals surface area contributed by atoms with Gasteiger partial charge in [0.1, 0.15) is 5.75 Å². The topological polar surface area (TPSA) is 37.3 Å². The van der Waals surface area contributed by atoms with E-state index in [2.05, 4.69) is 0 Å². The fourth-order valence-electron chi connectivity index (χ4n) is 1.40. The molecule has 0 unspecified atom stereocenters. The maximum Gasteiger partial charge on any atom is 0.160 e. The van der Waals surface area contributed by atoms with Gasteiger partial charge in [-0.15, -0.1) is 11.3 Å². The molecule has 0 spiro atoms. The summed E-state index contributed by atoms with van der Waals surface area (Å²) in [6.07, 6.45) is 0.849. The third-order valence-electron chi connectivity index (χ3n) is 2.27. The second-order valence-corrected chi connectivity index (χ2v) is 4.30. The number of rotatable bonds is 2. The highest BCUT2D eigenvalue weighted by molar-refractivity contribution is 7.12. The lowest BCUT2D eigenvalue weighted by atomic mass is 10.1. The van der Waals surface area contributed by atoms with Crippen molar-refractivity contribution in [3.63, 3.8) is 0 Å². The number of carbonyl (C=O) groups is 1. The SMILES string of the molecule is Cc1cc(-c2csc(C=O)c2)ccc1O. The number of benzene rings is 1. The van der Waals surface area contributed by atoms with Crippen LogP contribution in [0.1, 0.15) is 15.2 Å².